The van der Waals surface area contributed by atoms with Crippen molar-refractivity contribution in [3.05, 3.63) is 0 Å². The molecule has 0 bridgehead atoms. The van der Waals surface area contributed by atoms with Gasteiger partial charge in [0.1, 0.15) is 6.54 Å². The van der Waals surface area contributed by atoms with Crippen LogP contribution in [0.3, 0.4) is 0 Å². The van der Waals surface area contributed by atoms with Crippen molar-refractivity contribution in [3.8, 4) is 0 Å². The molecule has 0 aliphatic heterocycles. The van der Waals surface area contributed by atoms with Crippen molar-refractivity contribution in [1.29, 1.82) is 0 Å². The lowest BCUT2D eigenvalue weighted by atomic mass is 10.2. The Hall–Kier alpha value is -1.10. The molecule has 3 N–H and O–H groups in total. The molecule has 5 heteroatoms. The summed E-state index contributed by atoms with van der Waals surface area (Å²) in [6, 6.07) is -0.743. The van der Waals surface area contributed by atoms with E-state index in [0.29, 0.717) is 6.42 Å². The van der Waals surface area contributed by atoms with Crippen LogP contribution in [0.15, 0.2) is 0 Å². The van der Waals surface area contributed by atoms with Crippen molar-refractivity contribution in [2.45, 2.75) is 39.3 Å². The highest BCUT2D eigenvalue weighted by atomic mass is 16.4. The number of carboxylic acid groups (broad SMARTS) is 1. The number of rotatable bonds is 5. The molecular formula is C9H18N2O3. The summed E-state index contributed by atoms with van der Waals surface area (Å²) in [7, 11) is 0. The van der Waals surface area contributed by atoms with Crippen molar-refractivity contribution < 1.29 is 14.7 Å². The van der Waals surface area contributed by atoms with E-state index < -0.39 is 12.0 Å². The summed E-state index contributed by atoms with van der Waals surface area (Å²) in [4.78, 5) is 23.3. The van der Waals surface area contributed by atoms with Gasteiger partial charge in [-0.1, -0.05) is 6.92 Å². The molecule has 0 aliphatic carbocycles. The second kappa shape index (κ2) is 5.59. The fraction of sp³-hybridized carbons (Fsp3) is 0.778. The third-order valence-corrected chi connectivity index (χ3v) is 2.10. The van der Waals surface area contributed by atoms with Crippen LogP contribution in [0.4, 0.5) is 0 Å². The van der Waals surface area contributed by atoms with Crippen LogP contribution < -0.4 is 5.73 Å². The molecule has 5 nitrogen and oxygen atoms in total. The SMILES string of the molecule is CCC(C)N(CC(=O)O)C(=O)[C@H](C)N. The third kappa shape index (κ3) is 3.74. The van der Waals surface area contributed by atoms with Crippen molar-refractivity contribution >= 4 is 11.9 Å². The van der Waals surface area contributed by atoms with E-state index in [0.717, 1.165) is 0 Å². The molecule has 82 valence electrons. The maximum absolute atomic E-state index is 11.5. The van der Waals surface area contributed by atoms with Gasteiger partial charge in [-0.2, -0.15) is 0 Å². The second-order valence-electron chi connectivity index (χ2n) is 3.41. The topological polar surface area (TPSA) is 83.6 Å². The lowest BCUT2D eigenvalue weighted by molar-refractivity contribution is -0.146. The first kappa shape index (κ1) is 12.9. The zero-order chi connectivity index (χ0) is 11.3. The van der Waals surface area contributed by atoms with E-state index in [1.54, 1.807) is 6.92 Å². The first-order valence-electron chi connectivity index (χ1n) is 4.68. The van der Waals surface area contributed by atoms with Crippen LogP contribution in [0.5, 0.6) is 0 Å². The molecule has 0 saturated heterocycles. The van der Waals surface area contributed by atoms with Gasteiger partial charge in [0.05, 0.1) is 6.04 Å². The molecule has 2 atom stereocenters. The average Bonchev–Trinajstić information content (AvgIpc) is 2.11. The summed E-state index contributed by atoms with van der Waals surface area (Å²) in [5.74, 6) is -1.33. The molecule has 0 spiro atoms. The standard InChI is InChI=1S/C9H18N2O3/c1-4-6(2)11(5-8(12)13)9(14)7(3)10/h6-7H,4-5,10H2,1-3H3,(H,12,13)/t6?,7-/m0/s1. The zero-order valence-corrected chi connectivity index (χ0v) is 8.86. The minimum atomic E-state index is -1.01. The highest BCUT2D eigenvalue weighted by molar-refractivity contribution is 5.85. The van der Waals surface area contributed by atoms with Gasteiger partial charge in [-0.25, -0.2) is 0 Å². The maximum atomic E-state index is 11.5. The van der Waals surface area contributed by atoms with Gasteiger partial charge >= 0.3 is 5.97 Å². The van der Waals surface area contributed by atoms with Crippen molar-refractivity contribution in [1.82, 2.24) is 4.90 Å². The quantitative estimate of drug-likeness (QED) is 0.659. The van der Waals surface area contributed by atoms with Crippen LogP contribution >= 0.6 is 0 Å². The molecule has 0 heterocycles. The zero-order valence-electron chi connectivity index (χ0n) is 8.86. The van der Waals surface area contributed by atoms with E-state index in [-0.39, 0.29) is 18.5 Å². The number of nitrogens with zero attached hydrogens (tertiary/aromatic N) is 1. The molecule has 0 aliphatic rings. The Morgan fingerprint density at radius 1 is 1.43 bits per heavy atom. The number of nitrogens with two attached hydrogens (primary N) is 1. The van der Waals surface area contributed by atoms with Gasteiger partial charge in [0.25, 0.3) is 0 Å². The minimum Gasteiger partial charge on any atom is -0.480 e. The average molecular weight is 202 g/mol. The van der Waals surface area contributed by atoms with E-state index in [1.165, 1.54) is 4.90 Å². The molecule has 0 fully saturated rings. The maximum Gasteiger partial charge on any atom is 0.323 e. The number of amides is 1. The fourth-order valence-corrected chi connectivity index (χ4v) is 1.08. The second-order valence-corrected chi connectivity index (χ2v) is 3.41. The van der Waals surface area contributed by atoms with Gasteiger partial charge in [-0.15, -0.1) is 0 Å². The van der Waals surface area contributed by atoms with Gasteiger partial charge < -0.3 is 15.7 Å². The third-order valence-electron chi connectivity index (χ3n) is 2.10. The largest absolute Gasteiger partial charge is 0.480 e. The summed E-state index contributed by atoms with van der Waals surface area (Å²) >= 11 is 0. The molecule has 0 aromatic rings. The van der Waals surface area contributed by atoms with E-state index in [1.807, 2.05) is 13.8 Å². The van der Waals surface area contributed by atoms with Crippen LogP contribution in [-0.2, 0) is 9.59 Å². The van der Waals surface area contributed by atoms with Crippen molar-refractivity contribution in [2.75, 3.05) is 6.54 Å². The lowest BCUT2D eigenvalue weighted by Gasteiger charge is -2.28. The first-order valence-corrected chi connectivity index (χ1v) is 4.68. The van der Waals surface area contributed by atoms with E-state index in [9.17, 15) is 9.59 Å². The summed E-state index contributed by atoms with van der Waals surface area (Å²) in [6.45, 7) is 4.98. The molecule has 14 heavy (non-hydrogen) atoms. The predicted octanol–water partition coefficient (Wildman–Crippen LogP) is 0.0453. The number of hydrogen-bond acceptors (Lipinski definition) is 3. The van der Waals surface area contributed by atoms with Crippen molar-refractivity contribution in [3.63, 3.8) is 0 Å². The molecule has 0 saturated carbocycles. The van der Waals surface area contributed by atoms with Crippen LogP contribution in [0.2, 0.25) is 0 Å². The monoisotopic (exact) mass is 202 g/mol. The van der Waals surface area contributed by atoms with Gasteiger partial charge in [-0.3, -0.25) is 9.59 Å². The van der Waals surface area contributed by atoms with Crippen LogP contribution in [0.1, 0.15) is 27.2 Å². The predicted molar refractivity (Wildman–Crippen MR) is 52.8 cm³/mol. The van der Waals surface area contributed by atoms with E-state index >= 15 is 0 Å². The Kier molecular flexibility index (Phi) is 5.15. The minimum absolute atomic E-state index is 0.0930. The highest BCUT2D eigenvalue weighted by Crippen LogP contribution is 2.05. The summed E-state index contributed by atoms with van der Waals surface area (Å²) in [5.41, 5.74) is 5.42. The van der Waals surface area contributed by atoms with Gasteiger partial charge in [0, 0.05) is 6.04 Å². The van der Waals surface area contributed by atoms with Crippen LogP contribution in [0, 0.1) is 0 Å². The molecule has 0 radical (unpaired) electrons. The van der Waals surface area contributed by atoms with Gasteiger partial charge in [-0.05, 0) is 20.3 Å². The molecule has 1 amide bonds. The molecule has 0 aromatic carbocycles. The Morgan fingerprint density at radius 3 is 2.21 bits per heavy atom. The molecule has 0 rings (SSSR count). The fourth-order valence-electron chi connectivity index (χ4n) is 1.08. The molecule has 0 aromatic heterocycles. The normalized spacial score (nSPS) is 14.6. The number of aliphatic carboxylic acids is 1. The Morgan fingerprint density at radius 2 is 1.93 bits per heavy atom. The summed E-state index contributed by atoms with van der Waals surface area (Å²) < 4.78 is 0. The van der Waals surface area contributed by atoms with E-state index in [2.05, 4.69) is 0 Å². The first-order chi connectivity index (χ1) is 6.40. The van der Waals surface area contributed by atoms with Crippen LogP contribution in [-0.4, -0.2) is 40.5 Å². The summed E-state index contributed by atoms with van der Waals surface area (Å²) in [5, 5.41) is 8.62. The molecular weight excluding hydrogens is 184 g/mol. The van der Waals surface area contributed by atoms with Crippen molar-refractivity contribution in [2.24, 2.45) is 5.73 Å². The van der Waals surface area contributed by atoms with Crippen LogP contribution in [0.25, 0.3) is 0 Å². The lowest BCUT2D eigenvalue weighted by Crippen LogP contribution is -2.48. The Labute approximate surface area is 83.9 Å². The number of carbonyl (C=O) groups excluding carboxylic acids is 1. The Balaban J connectivity index is 4.54. The van der Waals surface area contributed by atoms with E-state index in [4.69, 9.17) is 10.8 Å². The van der Waals surface area contributed by atoms with Gasteiger partial charge in [0.2, 0.25) is 5.91 Å². The van der Waals surface area contributed by atoms with Gasteiger partial charge in [0.15, 0.2) is 0 Å². The highest BCUT2D eigenvalue weighted by Gasteiger charge is 2.23. The number of hydrogen-bond donors (Lipinski definition) is 2. The smallest absolute Gasteiger partial charge is 0.323 e. The molecule has 1 unspecified atom stereocenters. The summed E-state index contributed by atoms with van der Waals surface area (Å²) in [6.07, 6.45) is 0.714. The Bertz CT molecular complexity index is 216. The number of carboxylic acids is 1. The number of carbonyl (C=O) groups is 2.